The Morgan fingerprint density at radius 1 is 1.07 bits per heavy atom. The van der Waals surface area contributed by atoms with Crippen LogP contribution < -0.4 is 5.01 Å². The molecule has 0 aromatic heterocycles. The van der Waals surface area contributed by atoms with Gasteiger partial charge in [-0.05, 0) is 37.8 Å². The van der Waals surface area contributed by atoms with Gasteiger partial charge in [0.15, 0.2) is 0 Å². The van der Waals surface area contributed by atoms with Gasteiger partial charge >= 0.3 is 0 Å². The molecular weight excluding hydrogens is 172 g/mol. The Bertz CT molecular complexity index is 308. The van der Waals surface area contributed by atoms with E-state index in [4.69, 9.17) is 0 Å². The molecule has 0 heterocycles. The molecule has 2 nitrogen and oxygen atoms in total. The molecule has 74 valence electrons. The zero-order chi connectivity index (χ0) is 9.80. The van der Waals surface area contributed by atoms with Gasteiger partial charge in [0, 0.05) is 12.8 Å². The van der Waals surface area contributed by atoms with Crippen LogP contribution in [0.1, 0.15) is 25.7 Å². The molecule has 2 rings (SSSR count). The Labute approximate surface area is 85.2 Å². The highest BCUT2D eigenvalue weighted by atomic mass is 15.4. The fourth-order valence-corrected chi connectivity index (χ4v) is 1.80. The van der Waals surface area contributed by atoms with E-state index in [1.54, 1.807) is 0 Å². The van der Waals surface area contributed by atoms with E-state index in [0.29, 0.717) is 0 Å². The molecule has 0 spiro atoms. The maximum Gasteiger partial charge on any atom is 0.0590 e. The lowest BCUT2D eigenvalue weighted by molar-refractivity contribution is 0.886. The van der Waals surface area contributed by atoms with E-state index in [1.807, 2.05) is 30.3 Å². The molecule has 0 bridgehead atoms. The van der Waals surface area contributed by atoms with Gasteiger partial charge in [-0.15, -0.1) is 0 Å². The summed E-state index contributed by atoms with van der Waals surface area (Å²) in [5.74, 6) is 0. The van der Waals surface area contributed by atoms with E-state index < -0.39 is 0 Å². The van der Waals surface area contributed by atoms with Crippen LogP contribution in [0.15, 0.2) is 35.4 Å². The predicted octanol–water partition coefficient (Wildman–Crippen LogP) is 3.05. The van der Waals surface area contributed by atoms with Crippen LogP contribution in [0.4, 0.5) is 5.69 Å². The number of hydrogen-bond donors (Lipinski definition) is 0. The monoisotopic (exact) mass is 188 g/mol. The van der Waals surface area contributed by atoms with Gasteiger partial charge in [0.1, 0.15) is 0 Å². The third-order valence-corrected chi connectivity index (χ3v) is 2.60. The van der Waals surface area contributed by atoms with Crippen LogP contribution in [-0.4, -0.2) is 12.8 Å². The van der Waals surface area contributed by atoms with Crippen LogP contribution in [-0.2, 0) is 0 Å². The van der Waals surface area contributed by atoms with E-state index in [2.05, 4.69) is 17.2 Å². The molecule has 0 aliphatic heterocycles. The summed E-state index contributed by atoms with van der Waals surface area (Å²) in [5.41, 5.74) is 2.50. The van der Waals surface area contributed by atoms with Gasteiger partial charge in [0.05, 0.1) is 5.69 Å². The van der Waals surface area contributed by atoms with Gasteiger partial charge in [0.2, 0.25) is 0 Å². The van der Waals surface area contributed by atoms with Crippen molar-refractivity contribution < 1.29 is 0 Å². The molecule has 2 heteroatoms. The van der Waals surface area contributed by atoms with Crippen LogP contribution >= 0.6 is 0 Å². The number of para-hydroxylation sites is 1. The van der Waals surface area contributed by atoms with Gasteiger partial charge in [-0.25, -0.2) is 0 Å². The topological polar surface area (TPSA) is 15.6 Å². The van der Waals surface area contributed by atoms with Crippen molar-refractivity contribution >= 4 is 11.4 Å². The predicted molar refractivity (Wildman–Crippen MR) is 60.7 cm³/mol. The number of anilines is 1. The average Bonchev–Trinajstić information content (AvgIpc) is 2.72. The standard InChI is InChI=1S/C12H16N2/c1-14(12-9-3-2-4-10-12)13-11-7-5-6-8-11/h2-4,9-10H,5-8H2,1H3. The van der Waals surface area contributed by atoms with Gasteiger partial charge in [-0.1, -0.05) is 18.2 Å². The van der Waals surface area contributed by atoms with Crippen LogP contribution in [0.5, 0.6) is 0 Å². The number of hydrazone groups is 1. The Hall–Kier alpha value is -1.31. The van der Waals surface area contributed by atoms with Crippen molar-refractivity contribution in [2.45, 2.75) is 25.7 Å². The van der Waals surface area contributed by atoms with Crippen LogP contribution in [0.25, 0.3) is 0 Å². The first-order valence-corrected chi connectivity index (χ1v) is 5.21. The molecule has 0 radical (unpaired) electrons. The minimum atomic E-state index is 1.16. The largest absolute Gasteiger partial charge is 0.269 e. The lowest BCUT2D eigenvalue weighted by Gasteiger charge is -2.13. The number of rotatable bonds is 2. The lowest BCUT2D eigenvalue weighted by Crippen LogP contribution is -2.11. The molecule has 1 aliphatic carbocycles. The Morgan fingerprint density at radius 2 is 1.71 bits per heavy atom. The molecule has 1 aliphatic rings. The fraction of sp³-hybridized carbons (Fsp3) is 0.417. The quantitative estimate of drug-likeness (QED) is 0.651. The first kappa shape index (κ1) is 9.25. The van der Waals surface area contributed by atoms with Crippen molar-refractivity contribution in [1.29, 1.82) is 0 Å². The van der Waals surface area contributed by atoms with Crippen molar-refractivity contribution in [3.05, 3.63) is 30.3 Å². The SMILES string of the molecule is CN(N=C1CCCC1)c1ccccc1. The maximum absolute atomic E-state index is 4.60. The molecule has 0 saturated heterocycles. The molecule has 1 aromatic carbocycles. The maximum atomic E-state index is 4.60. The minimum absolute atomic E-state index is 1.16. The van der Waals surface area contributed by atoms with Gasteiger partial charge < -0.3 is 0 Å². The Balaban J connectivity index is 2.08. The number of benzene rings is 1. The van der Waals surface area contributed by atoms with Gasteiger partial charge in [-0.3, -0.25) is 5.01 Å². The molecule has 14 heavy (non-hydrogen) atoms. The summed E-state index contributed by atoms with van der Waals surface area (Å²) >= 11 is 0. The third-order valence-electron chi connectivity index (χ3n) is 2.60. The Morgan fingerprint density at radius 3 is 2.36 bits per heavy atom. The molecule has 0 amide bonds. The number of hydrogen-bond acceptors (Lipinski definition) is 2. The van der Waals surface area contributed by atoms with Gasteiger partial charge in [-0.2, -0.15) is 5.10 Å². The summed E-state index contributed by atoms with van der Waals surface area (Å²) in [6.45, 7) is 0. The highest BCUT2D eigenvalue weighted by molar-refractivity contribution is 5.86. The van der Waals surface area contributed by atoms with Gasteiger partial charge in [0.25, 0.3) is 0 Å². The van der Waals surface area contributed by atoms with Crippen LogP contribution in [0, 0.1) is 0 Å². The zero-order valence-electron chi connectivity index (χ0n) is 8.61. The van der Waals surface area contributed by atoms with Crippen molar-refractivity contribution in [3.63, 3.8) is 0 Å². The molecule has 1 fully saturated rings. The zero-order valence-corrected chi connectivity index (χ0v) is 8.61. The van der Waals surface area contributed by atoms with Crippen molar-refractivity contribution in [3.8, 4) is 0 Å². The third kappa shape index (κ3) is 2.13. The molecule has 1 saturated carbocycles. The average molecular weight is 188 g/mol. The summed E-state index contributed by atoms with van der Waals surface area (Å²) in [5, 5.41) is 6.57. The minimum Gasteiger partial charge on any atom is -0.269 e. The van der Waals surface area contributed by atoms with E-state index in [0.717, 1.165) is 5.69 Å². The van der Waals surface area contributed by atoms with Crippen molar-refractivity contribution in [2.24, 2.45) is 5.10 Å². The summed E-state index contributed by atoms with van der Waals surface area (Å²) in [4.78, 5) is 0. The van der Waals surface area contributed by atoms with Crippen molar-refractivity contribution in [2.75, 3.05) is 12.1 Å². The van der Waals surface area contributed by atoms with E-state index in [9.17, 15) is 0 Å². The Kier molecular flexibility index (Phi) is 2.82. The summed E-state index contributed by atoms with van der Waals surface area (Å²) in [6, 6.07) is 10.3. The first-order chi connectivity index (χ1) is 6.86. The first-order valence-electron chi connectivity index (χ1n) is 5.21. The number of nitrogens with zero attached hydrogens (tertiary/aromatic N) is 2. The summed E-state index contributed by atoms with van der Waals surface area (Å²) in [7, 11) is 2.01. The summed E-state index contributed by atoms with van der Waals surface area (Å²) < 4.78 is 0. The molecule has 0 atom stereocenters. The lowest BCUT2D eigenvalue weighted by atomic mass is 10.3. The smallest absolute Gasteiger partial charge is 0.0590 e. The van der Waals surface area contributed by atoms with Crippen molar-refractivity contribution in [1.82, 2.24) is 0 Å². The van der Waals surface area contributed by atoms with Crippen LogP contribution in [0.2, 0.25) is 0 Å². The normalized spacial score (nSPS) is 15.6. The fourth-order valence-electron chi connectivity index (χ4n) is 1.80. The van der Waals surface area contributed by atoms with E-state index >= 15 is 0 Å². The van der Waals surface area contributed by atoms with E-state index in [1.165, 1.54) is 31.4 Å². The van der Waals surface area contributed by atoms with Crippen LogP contribution in [0.3, 0.4) is 0 Å². The molecule has 0 N–H and O–H groups in total. The second-order valence-electron chi connectivity index (χ2n) is 3.73. The molecular formula is C12H16N2. The highest BCUT2D eigenvalue weighted by Crippen LogP contribution is 2.17. The highest BCUT2D eigenvalue weighted by Gasteiger charge is 2.09. The molecule has 1 aromatic rings. The second-order valence-corrected chi connectivity index (χ2v) is 3.73. The van der Waals surface area contributed by atoms with E-state index in [-0.39, 0.29) is 0 Å². The molecule has 0 unspecified atom stereocenters. The summed E-state index contributed by atoms with van der Waals surface area (Å²) in [6.07, 6.45) is 4.97. The second kappa shape index (κ2) is 4.27.